The van der Waals surface area contributed by atoms with Gasteiger partial charge in [0.05, 0.1) is 25.2 Å². The zero-order valence-electron chi connectivity index (χ0n) is 14.4. The van der Waals surface area contributed by atoms with Crippen molar-refractivity contribution in [1.29, 1.82) is 0 Å². The molecular formula is C18H30N4O. The van der Waals surface area contributed by atoms with Crippen LogP contribution in [-0.4, -0.2) is 74.3 Å². The largest absolute Gasteiger partial charge is 0.495 e. The van der Waals surface area contributed by atoms with Crippen LogP contribution in [0.3, 0.4) is 0 Å². The van der Waals surface area contributed by atoms with Crippen molar-refractivity contribution in [3.05, 3.63) is 18.5 Å². The second kappa shape index (κ2) is 8.50. The van der Waals surface area contributed by atoms with Crippen LogP contribution in [0, 0.1) is 0 Å². The summed E-state index contributed by atoms with van der Waals surface area (Å²) in [5, 5.41) is 0. The maximum atomic E-state index is 5.27. The molecule has 0 unspecified atom stereocenters. The fourth-order valence-electron chi connectivity index (χ4n) is 3.62. The molecule has 1 aromatic heterocycles. The molecule has 2 saturated heterocycles. The predicted molar refractivity (Wildman–Crippen MR) is 94.4 cm³/mol. The molecule has 0 atom stereocenters. The van der Waals surface area contributed by atoms with Crippen LogP contribution in [-0.2, 0) is 0 Å². The van der Waals surface area contributed by atoms with Gasteiger partial charge in [0.1, 0.15) is 5.75 Å². The number of rotatable bonds is 6. The number of ether oxygens (including phenoxy) is 1. The smallest absolute Gasteiger partial charge is 0.139 e. The molecule has 2 fully saturated rings. The highest BCUT2D eigenvalue weighted by atomic mass is 16.5. The minimum Gasteiger partial charge on any atom is -0.495 e. The van der Waals surface area contributed by atoms with Gasteiger partial charge >= 0.3 is 0 Å². The van der Waals surface area contributed by atoms with E-state index < -0.39 is 0 Å². The van der Waals surface area contributed by atoms with Gasteiger partial charge in [-0.3, -0.25) is 9.88 Å². The van der Waals surface area contributed by atoms with E-state index in [1.807, 2.05) is 6.20 Å². The number of hydrogen-bond acceptors (Lipinski definition) is 5. The molecule has 0 radical (unpaired) electrons. The van der Waals surface area contributed by atoms with E-state index in [9.17, 15) is 0 Å². The molecule has 1 aromatic rings. The number of pyridine rings is 1. The van der Waals surface area contributed by atoms with E-state index in [-0.39, 0.29) is 0 Å². The summed E-state index contributed by atoms with van der Waals surface area (Å²) in [7, 11) is 1.70. The monoisotopic (exact) mass is 318 g/mol. The number of hydrogen-bond donors (Lipinski definition) is 0. The molecule has 0 bridgehead atoms. The van der Waals surface area contributed by atoms with Crippen molar-refractivity contribution in [1.82, 2.24) is 14.8 Å². The summed E-state index contributed by atoms with van der Waals surface area (Å²) in [5.74, 6) is 0.839. The van der Waals surface area contributed by atoms with Crippen LogP contribution in [0.5, 0.6) is 5.75 Å². The molecule has 5 heteroatoms. The van der Waals surface area contributed by atoms with Gasteiger partial charge in [-0.25, -0.2) is 0 Å². The van der Waals surface area contributed by atoms with Gasteiger partial charge in [0.2, 0.25) is 0 Å². The van der Waals surface area contributed by atoms with Crippen LogP contribution in [0.4, 0.5) is 5.69 Å². The van der Waals surface area contributed by atoms with Gasteiger partial charge in [-0.1, -0.05) is 6.42 Å². The van der Waals surface area contributed by atoms with Gasteiger partial charge in [0, 0.05) is 32.2 Å². The molecule has 0 N–H and O–H groups in total. The molecule has 0 aromatic carbocycles. The van der Waals surface area contributed by atoms with E-state index in [1.165, 1.54) is 57.5 Å². The first-order valence-corrected chi connectivity index (χ1v) is 9.04. The zero-order valence-corrected chi connectivity index (χ0v) is 14.4. The number of anilines is 1. The number of nitrogens with zero attached hydrogens (tertiary/aromatic N) is 4. The van der Waals surface area contributed by atoms with E-state index in [2.05, 4.69) is 25.8 Å². The third-order valence-corrected chi connectivity index (χ3v) is 5.07. The highest BCUT2D eigenvalue weighted by molar-refractivity contribution is 5.48. The maximum absolute atomic E-state index is 5.27. The topological polar surface area (TPSA) is 31.8 Å². The standard InChI is InChI=1S/C18H30N4O/c1-23-18-14-17(15-19-16-18)22-12-10-21(11-13-22)9-5-8-20-6-3-2-4-7-20/h14-16H,2-13H2,1H3. The van der Waals surface area contributed by atoms with E-state index in [0.29, 0.717) is 0 Å². The minimum atomic E-state index is 0.839. The molecule has 0 amide bonds. The second-order valence-electron chi connectivity index (χ2n) is 6.67. The summed E-state index contributed by atoms with van der Waals surface area (Å²) in [6.07, 6.45) is 9.23. The van der Waals surface area contributed by atoms with Crippen LogP contribution in [0.15, 0.2) is 18.5 Å². The van der Waals surface area contributed by atoms with E-state index >= 15 is 0 Å². The number of likely N-dealkylation sites (tertiary alicyclic amines) is 1. The van der Waals surface area contributed by atoms with Crippen molar-refractivity contribution in [2.24, 2.45) is 0 Å². The first-order chi connectivity index (χ1) is 11.3. The van der Waals surface area contributed by atoms with Gasteiger partial charge in [0.15, 0.2) is 0 Å². The summed E-state index contributed by atoms with van der Waals surface area (Å²) in [6.45, 7) is 9.61. The van der Waals surface area contributed by atoms with Gasteiger partial charge < -0.3 is 14.5 Å². The van der Waals surface area contributed by atoms with Gasteiger partial charge in [-0.2, -0.15) is 0 Å². The normalized spacial score (nSPS) is 20.7. The van der Waals surface area contributed by atoms with Crippen LogP contribution >= 0.6 is 0 Å². The Bertz CT molecular complexity index is 468. The van der Waals surface area contributed by atoms with E-state index in [1.54, 1.807) is 13.3 Å². The lowest BCUT2D eigenvalue weighted by atomic mass is 10.1. The average Bonchev–Trinajstić information content (AvgIpc) is 2.63. The minimum absolute atomic E-state index is 0.839. The molecule has 3 rings (SSSR count). The summed E-state index contributed by atoms with van der Waals surface area (Å²) in [6, 6.07) is 2.08. The third-order valence-electron chi connectivity index (χ3n) is 5.07. The molecule has 0 saturated carbocycles. The molecule has 23 heavy (non-hydrogen) atoms. The summed E-state index contributed by atoms with van der Waals surface area (Å²) < 4.78 is 5.27. The molecule has 5 nitrogen and oxygen atoms in total. The Morgan fingerprint density at radius 2 is 1.61 bits per heavy atom. The predicted octanol–water partition coefficient (Wildman–Crippen LogP) is 2.09. The fourth-order valence-corrected chi connectivity index (χ4v) is 3.62. The van der Waals surface area contributed by atoms with Crippen molar-refractivity contribution in [2.75, 3.05) is 64.4 Å². The van der Waals surface area contributed by atoms with Crippen molar-refractivity contribution >= 4 is 5.69 Å². The lowest BCUT2D eigenvalue weighted by Crippen LogP contribution is -2.47. The van der Waals surface area contributed by atoms with Crippen LogP contribution in [0.25, 0.3) is 0 Å². The van der Waals surface area contributed by atoms with Gasteiger partial charge in [0.25, 0.3) is 0 Å². The Balaban J connectivity index is 1.38. The number of methoxy groups -OCH3 is 1. The molecule has 0 aliphatic carbocycles. The molecule has 128 valence electrons. The maximum Gasteiger partial charge on any atom is 0.139 e. The number of aromatic nitrogens is 1. The van der Waals surface area contributed by atoms with E-state index in [4.69, 9.17) is 4.74 Å². The molecule has 3 heterocycles. The van der Waals surface area contributed by atoms with Crippen molar-refractivity contribution in [2.45, 2.75) is 25.7 Å². The Morgan fingerprint density at radius 3 is 2.30 bits per heavy atom. The second-order valence-corrected chi connectivity index (χ2v) is 6.67. The van der Waals surface area contributed by atoms with Crippen molar-refractivity contribution in [3.8, 4) is 5.75 Å². The summed E-state index contributed by atoms with van der Waals surface area (Å²) in [4.78, 5) is 11.9. The lowest BCUT2D eigenvalue weighted by molar-refractivity contribution is 0.198. The highest BCUT2D eigenvalue weighted by Crippen LogP contribution is 2.20. The molecule has 2 aliphatic rings. The lowest BCUT2D eigenvalue weighted by Gasteiger charge is -2.36. The van der Waals surface area contributed by atoms with Crippen molar-refractivity contribution < 1.29 is 4.74 Å². The first kappa shape index (κ1) is 16.5. The van der Waals surface area contributed by atoms with Crippen molar-refractivity contribution in [3.63, 3.8) is 0 Å². The summed E-state index contributed by atoms with van der Waals surface area (Å²) in [5.41, 5.74) is 1.18. The zero-order chi connectivity index (χ0) is 15.9. The van der Waals surface area contributed by atoms with Gasteiger partial charge in [-0.15, -0.1) is 0 Å². The SMILES string of the molecule is COc1cncc(N2CCN(CCCN3CCCCC3)CC2)c1. The third kappa shape index (κ3) is 4.82. The molecular weight excluding hydrogens is 288 g/mol. The summed E-state index contributed by atoms with van der Waals surface area (Å²) >= 11 is 0. The van der Waals surface area contributed by atoms with Crippen LogP contribution in [0.2, 0.25) is 0 Å². The Morgan fingerprint density at radius 1 is 0.913 bits per heavy atom. The fraction of sp³-hybridized carbons (Fsp3) is 0.722. The first-order valence-electron chi connectivity index (χ1n) is 9.04. The average molecular weight is 318 g/mol. The Labute approximate surface area is 140 Å². The Hall–Kier alpha value is -1.33. The van der Waals surface area contributed by atoms with Crippen LogP contribution in [0.1, 0.15) is 25.7 Å². The number of piperidine rings is 1. The molecule has 2 aliphatic heterocycles. The quantitative estimate of drug-likeness (QED) is 0.802. The Kier molecular flexibility index (Phi) is 6.11. The van der Waals surface area contributed by atoms with Gasteiger partial charge in [-0.05, 0) is 45.4 Å². The highest BCUT2D eigenvalue weighted by Gasteiger charge is 2.18. The molecule has 0 spiro atoms. The number of piperazine rings is 1. The van der Waals surface area contributed by atoms with Crippen LogP contribution < -0.4 is 9.64 Å². The van der Waals surface area contributed by atoms with E-state index in [0.717, 1.165) is 31.9 Å².